The van der Waals surface area contributed by atoms with Gasteiger partial charge in [0.25, 0.3) is 0 Å². The normalized spacial score (nSPS) is 44.4. The molecule has 0 saturated carbocycles. The summed E-state index contributed by atoms with van der Waals surface area (Å²) < 4.78 is 36.2. The number of carbonyl (C=O) groups is 3. The van der Waals surface area contributed by atoms with E-state index in [4.69, 9.17) is 28.4 Å². The fraction of sp³-hybridized carbons (Fsp3) is 0.903. The molecular weight excluding hydrogens is 516 g/mol. The fourth-order valence-electron chi connectivity index (χ4n) is 6.59. The van der Waals surface area contributed by atoms with Gasteiger partial charge >= 0.3 is 17.9 Å². The number of carbonyl (C=O) groups excluding carboxylic acids is 3. The van der Waals surface area contributed by atoms with Crippen molar-refractivity contribution in [1.29, 1.82) is 0 Å². The van der Waals surface area contributed by atoms with Crippen LogP contribution in [0.3, 0.4) is 0 Å². The van der Waals surface area contributed by atoms with Gasteiger partial charge in [-0.3, -0.25) is 14.4 Å². The molecule has 9 heteroatoms. The second kappa shape index (κ2) is 14.0. The van der Waals surface area contributed by atoms with E-state index in [1.54, 1.807) is 0 Å². The summed E-state index contributed by atoms with van der Waals surface area (Å²) in [6.45, 7) is 11.4. The molecular formula is C31H50O9. The molecule has 4 fully saturated rings. The summed E-state index contributed by atoms with van der Waals surface area (Å²) in [5.74, 6) is -1.95. The van der Waals surface area contributed by atoms with Crippen LogP contribution in [0.2, 0.25) is 0 Å². The molecule has 0 amide bonds. The molecule has 0 N–H and O–H groups in total. The van der Waals surface area contributed by atoms with Crippen LogP contribution in [0.25, 0.3) is 0 Å². The quantitative estimate of drug-likeness (QED) is 0.323. The van der Waals surface area contributed by atoms with E-state index in [9.17, 15) is 14.4 Å². The molecule has 4 aliphatic heterocycles. The van der Waals surface area contributed by atoms with Crippen molar-refractivity contribution in [2.45, 2.75) is 161 Å². The summed E-state index contributed by atoms with van der Waals surface area (Å²) in [6.07, 6.45) is 5.56. The lowest BCUT2D eigenvalue weighted by molar-refractivity contribution is -0.162. The van der Waals surface area contributed by atoms with Crippen LogP contribution >= 0.6 is 0 Å². The summed E-state index contributed by atoms with van der Waals surface area (Å²) in [5.41, 5.74) is 0. The molecule has 0 spiro atoms. The predicted octanol–water partition coefficient (Wildman–Crippen LogP) is 4.91. The Morgan fingerprint density at radius 1 is 0.525 bits per heavy atom. The molecule has 0 unspecified atom stereocenters. The van der Waals surface area contributed by atoms with Gasteiger partial charge in [-0.1, -0.05) is 6.92 Å². The monoisotopic (exact) mass is 566 g/mol. The van der Waals surface area contributed by atoms with E-state index in [2.05, 4.69) is 0 Å². The van der Waals surface area contributed by atoms with E-state index < -0.39 is 0 Å². The Kier molecular flexibility index (Phi) is 10.9. The van der Waals surface area contributed by atoms with Crippen LogP contribution in [0.5, 0.6) is 0 Å². The number of esters is 3. The average molecular weight is 567 g/mol. The second-order valence-corrected chi connectivity index (χ2v) is 12.7. The molecule has 0 aliphatic carbocycles. The van der Waals surface area contributed by atoms with Crippen molar-refractivity contribution in [1.82, 2.24) is 0 Å². The summed E-state index contributed by atoms with van der Waals surface area (Å²) in [4.78, 5) is 38.9. The van der Waals surface area contributed by atoms with Gasteiger partial charge in [-0.05, 0) is 79.6 Å². The van der Waals surface area contributed by atoms with Gasteiger partial charge in [-0.15, -0.1) is 0 Å². The summed E-state index contributed by atoms with van der Waals surface area (Å²) >= 11 is 0. The zero-order valence-electron chi connectivity index (χ0n) is 25.2. The maximum absolute atomic E-state index is 13.0. The summed E-state index contributed by atoms with van der Waals surface area (Å²) in [7, 11) is 0. The van der Waals surface area contributed by atoms with Crippen LogP contribution in [0.4, 0.5) is 0 Å². The Hall–Kier alpha value is -1.71. The first-order chi connectivity index (χ1) is 19.0. The fourth-order valence-corrected chi connectivity index (χ4v) is 6.59. The van der Waals surface area contributed by atoms with E-state index in [-0.39, 0.29) is 90.6 Å². The maximum Gasteiger partial charge on any atom is 0.311 e. The first kappa shape index (κ1) is 31.2. The van der Waals surface area contributed by atoms with Gasteiger partial charge in [-0.2, -0.15) is 0 Å². The molecule has 6 bridgehead atoms. The number of cyclic esters (lactones) is 3. The van der Waals surface area contributed by atoms with Gasteiger partial charge in [0.1, 0.15) is 18.3 Å². The van der Waals surface area contributed by atoms with Crippen LogP contribution in [0, 0.1) is 17.8 Å². The first-order valence-corrected chi connectivity index (χ1v) is 15.6. The molecule has 4 aliphatic rings. The van der Waals surface area contributed by atoms with Crippen LogP contribution in [0.1, 0.15) is 106 Å². The molecule has 4 rings (SSSR count). The van der Waals surface area contributed by atoms with E-state index >= 15 is 0 Å². The predicted molar refractivity (Wildman–Crippen MR) is 146 cm³/mol. The van der Waals surface area contributed by atoms with Crippen LogP contribution in [0.15, 0.2) is 0 Å². The van der Waals surface area contributed by atoms with Gasteiger partial charge in [0, 0.05) is 19.3 Å². The Bertz CT molecular complexity index is 877. The molecule has 12 atom stereocenters. The number of ether oxygens (including phenoxy) is 6. The largest absolute Gasteiger partial charge is 0.462 e. The lowest BCUT2D eigenvalue weighted by atomic mass is 10.00. The molecule has 0 aromatic heterocycles. The highest BCUT2D eigenvalue weighted by Crippen LogP contribution is 2.34. The third-order valence-electron chi connectivity index (χ3n) is 9.30. The van der Waals surface area contributed by atoms with Crippen LogP contribution < -0.4 is 0 Å². The number of fused-ring (bicyclic) bond motifs is 6. The van der Waals surface area contributed by atoms with Gasteiger partial charge < -0.3 is 28.4 Å². The van der Waals surface area contributed by atoms with Gasteiger partial charge in [0.05, 0.1) is 54.4 Å². The Balaban J connectivity index is 1.43. The Morgan fingerprint density at radius 2 is 0.875 bits per heavy atom. The highest BCUT2D eigenvalue weighted by Gasteiger charge is 2.40. The van der Waals surface area contributed by atoms with E-state index in [0.29, 0.717) is 25.7 Å². The lowest BCUT2D eigenvalue weighted by Gasteiger charge is -2.26. The van der Waals surface area contributed by atoms with E-state index in [1.807, 2.05) is 41.5 Å². The molecule has 40 heavy (non-hydrogen) atoms. The molecule has 0 radical (unpaired) electrons. The van der Waals surface area contributed by atoms with Crippen molar-refractivity contribution >= 4 is 17.9 Å². The molecule has 0 aromatic rings. The lowest BCUT2D eigenvalue weighted by Crippen LogP contribution is -2.34. The Morgan fingerprint density at radius 3 is 1.25 bits per heavy atom. The van der Waals surface area contributed by atoms with Crippen molar-refractivity contribution in [3.05, 3.63) is 0 Å². The summed E-state index contributed by atoms with van der Waals surface area (Å²) in [6, 6.07) is 0. The van der Waals surface area contributed by atoms with Crippen molar-refractivity contribution in [3.8, 4) is 0 Å². The van der Waals surface area contributed by atoms with Gasteiger partial charge in [-0.25, -0.2) is 0 Å². The number of rotatable bonds is 1. The highest BCUT2D eigenvalue weighted by atomic mass is 16.6. The maximum atomic E-state index is 13.0. The van der Waals surface area contributed by atoms with E-state index in [0.717, 1.165) is 38.5 Å². The molecule has 9 nitrogen and oxygen atoms in total. The third-order valence-corrected chi connectivity index (χ3v) is 9.30. The van der Waals surface area contributed by atoms with E-state index in [1.165, 1.54) is 0 Å². The minimum atomic E-state index is -0.387. The summed E-state index contributed by atoms with van der Waals surface area (Å²) in [5, 5.41) is 0. The van der Waals surface area contributed by atoms with Crippen molar-refractivity contribution < 1.29 is 42.8 Å². The molecule has 0 aromatic carbocycles. The smallest absolute Gasteiger partial charge is 0.311 e. The van der Waals surface area contributed by atoms with Crippen molar-refractivity contribution in [2.75, 3.05) is 0 Å². The van der Waals surface area contributed by atoms with Crippen molar-refractivity contribution in [2.24, 2.45) is 17.8 Å². The minimum Gasteiger partial charge on any atom is -0.462 e. The molecule has 4 heterocycles. The first-order valence-electron chi connectivity index (χ1n) is 15.6. The van der Waals surface area contributed by atoms with Crippen LogP contribution in [-0.4, -0.2) is 72.8 Å². The zero-order chi connectivity index (χ0) is 29.0. The molecule has 228 valence electrons. The third kappa shape index (κ3) is 7.97. The highest BCUT2D eigenvalue weighted by molar-refractivity contribution is 5.74. The second-order valence-electron chi connectivity index (χ2n) is 12.7. The van der Waals surface area contributed by atoms with Gasteiger partial charge in [0.15, 0.2) is 0 Å². The molecule has 4 saturated heterocycles. The van der Waals surface area contributed by atoms with Crippen molar-refractivity contribution in [3.63, 3.8) is 0 Å². The number of hydrogen-bond donors (Lipinski definition) is 0. The number of hydrogen-bond acceptors (Lipinski definition) is 9. The zero-order valence-corrected chi connectivity index (χ0v) is 25.2. The van der Waals surface area contributed by atoms with Gasteiger partial charge in [0.2, 0.25) is 0 Å². The average Bonchev–Trinajstić information content (AvgIpc) is 3.68. The topological polar surface area (TPSA) is 107 Å². The van der Waals surface area contributed by atoms with Crippen LogP contribution in [-0.2, 0) is 42.8 Å². The SMILES string of the molecule is CC[C@@H]1C[C@H]2CC[C@H](O2)[C@H](C)C(=O)O[C@@H](C)C[C@H]2CC[C@H](O2)[C@@H](C)C(=O)O[C@@H](C)C[C@H]2CC[C@H](O2)[C@H](C)C(=O)O1. The minimum absolute atomic E-state index is 0.0570. The Labute approximate surface area is 239 Å². The standard InChI is InChI=1S/C31H50O9/c1-7-22-16-25-10-13-27(39-25)20(5)30(33)36-17(2)14-23-8-11-26(37-23)19(4)29(32)35-18(3)15-24-9-12-28(38-24)21(6)31(34)40-22/h17-28H,7-16H2,1-6H3/t17-,18-,19+,20-,21-,22+,23+,24+,25+,26-,27-,28-/m0/s1.